The number of amides is 2. The molecule has 1 aromatic carbocycles. The third-order valence-electron chi connectivity index (χ3n) is 7.19. The standard InChI is InChI=1S/C25H30N8O6S2/c1-31-5-4-18-19(13-31)40-24(30-18)25(37)33-7-6-32(12-16(33)10-20(34)28-11-22(35)36)41(38,39)21-9-15-8-14(23(26)27)2-3-17(15)29-21/h2-3,8-9,16,29H,4-7,10-13H2,1H3,(H3,26,27)(H,28,34)(H,35,36). The summed E-state index contributed by atoms with van der Waals surface area (Å²) in [5.74, 6) is -2.36. The Bertz CT molecular complexity index is 1650. The van der Waals surface area contributed by atoms with Crippen molar-refractivity contribution >= 4 is 55.9 Å². The molecule has 0 spiro atoms. The molecule has 2 amide bonds. The van der Waals surface area contributed by atoms with Gasteiger partial charge in [0.2, 0.25) is 5.91 Å². The van der Waals surface area contributed by atoms with Crippen molar-refractivity contribution in [3.05, 3.63) is 45.4 Å². The third-order valence-corrected chi connectivity index (χ3v) is 10.1. The van der Waals surface area contributed by atoms with Crippen molar-refractivity contribution in [2.24, 2.45) is 5.73 Å². The van der Waals surface area contributed by atoms with Crippen molar-refractivity contribution in [1.29, 1.82) is 5.41 Å². The number of nitrogens with zero attached hydrogens (tertiary/aromatic N) is 4. The number of thiazole rings is 1. The van der Waals surface area contributed by atoms with E-state index in [0.29, 0.717) is 23.0 Å². The number of carboxylic acids is 1. The smallest absolute Gasteiger partial charge is 0.322 e. The van der Waals surface area contributed by atoms with Crippen LogP contribution in [-0.4, -0.2) is 107 Å². The second-order valence-corrected chi connectivity index (χ2v) is 13.1. The average molecular weight is 603 g/mol. The van der Waals surface area contributed by atoms with Crippen LogP contribution in [0.1, 0.15) is 32.4 Å². The predicted molar refractivity (Wildman–Crippen MR) is 150 cm³/mol. The summed E-state index contributed by atoms with van der Waals surface area (Å²) in [5, 5.41) is 19.6. The first-order chi connectivity index (χ1) is 19.4. The second kappa shape index (κ2) is 11.2. The number of carboxylic acid groups (broad SMARTS) is 1. The molecule has 1 saturated heterocycles. The highest BCUT2D eigenvalue weighted by atomic mass is 32.2. The Morgan fingerprint density at radius 3 is 2.76 bits per heavy atom. The summed E-state index contributed by atoms with van der Waals surface area (Å²) in [6, 6.07) is 5.48. The van der Waals surface area contributed by atoms with Crippen molar-refractivity contribution in [2.45, 2.75) is 30.5 Å². The minimum atomic E-state index is -4.06. The molecule has 2 aliphatic rings. The molecule has 4 heterocycles. The monoisotopic (exact) mass is 602 g/mol. The van der Waals surface area contributed by atoms with Crippen LogP contribution >= 0.6 is 11.3 Å². The van der Waals surface area contributed by atoms with E-state index in [2.05, 4.69) is 20.2 Å². The first-order valence-corrected chi connectivity index (χ1v) is 15.1. The van der Waals surface area contributed by atoms with E-state index >= 15 is 0 Å². The lowest BCUT2D eigenvalue weighted by Crippen LogP contribution is -2.57. The molecular formula is C25H30N8O6S2. The number of hydrogen-bond acceptors (Lipinski definition) is 9. The van der Waals surface area contributed by atoms with E-state index in [9.17, 15) is 22.8 Å². The molecular weight excluding hydrogens is 572 g/mol. The molecule has 0 aliphatic carbocycles. The molecule has 1 fully saturated rings. The molecule has 2 aliphatic heterocycles. The van der Waals surface area contributed by atoms with Crippen LogP contribution in [0.15, 0.2) is 29.3 Å². The molecule has 218 valence electrons. The Morgan fingerprint density at radius 1 is 1.24 bits per heavy atom. The van der Waals surface area contributed by atoms with Gasteiger partial charge in [-0.2, -0.15) is 4.31 Å². The zero-order chi connectivity index (χ0) is 29.5. The summed E-state index contributed by atoms with van der Waals surface area (Å²) in [6.45, 7) is 0.766. The van der Waals surface area contributed by atoms with E-state index in [0.717, 1.165) is 23.5 Å². The molecule has 1 unspecified atom stereocenters. The maximum absolute atomic E-state index is 13.7. The van der Waals surface area contributed by atoms with Crippen molar-refractivity contribution in [3.8, 4) is 0 Å². The number of hydrogen-bond donors (Lipinski definition) is 5. The average Bonchev–Trinajstić information content (AvgIpc) is 3.55. The molecule has 1 atom stereocenters. The normalized spacial score (nSPS) is 18.3. The number of amidine groups is 1. The van der Waals surface area contributed by atoms with Gasteiger partial charge in [-0.05, 0) is 31.3 Å². The van der Waals surface area contributed by atoms with E-state index in [1.165, 1.54) is 26.6 Å². The quantitative estimate of drug-likeness (QED) is 0.174. The fourth-order valence-corrected chi connectivity index (χ4v) is 7.66. The maximum atomic E-state index is 13.7. The first-order valence-electron chi connectivity index (χ1n) is 12.9. The summed E-state index contributed by atoms with van der Waals surface area (Å²) >= 11 is 1.30. The Morgan fingerprint density at radius 2 is 2.02 bits per heavy atom. The number of likely N-dealkylation sites (N-methyl/N-ethyl adjacent to an activating group) is 1. The zero-order valence-electron chi connectivity index (χ0n) is 22.2. The molecule has 0 radical (unpaired) electrons. The number of fused-ring (bicyclic) bond motifs is 2. The third kappa shape index (κ3) is 5.95. The number of nitrogens with one attached hydrogen (secondary N) is 3. The van der Waals surface area contributed by atoms with Crippen molar-refractivity contribution < 1.29 is 27.9 Å². The molecule has 0 saturated carbocycles. The van der Waals surface area contributed by atoms with Gasteiger partial charge in [-0.1, -0.05) is 0 Å². The highest BCUT2D eigenvalue weighted by Gasteiger charge is 2.39. The highest BCUT2D eigenvalue weighted by Crippen LogP contribution is 2.29. The van der Waals surface area contributed by atoms with Crippen LogP contribution in [0.5, 0.6) is 0 Å². The maximum Gasteiger partial charge on any atom is 0.322 e. The lowest BCUT2D eigenvalue weighted by Gasteiger charge is -2.40. The van der Waals surface area contributed by atoms with Gasteiger partial charge in [-0.15, -0.1) is 11.3 Å². The van der Waals surface area contributed by atoms with Gasteiger partial charge < -0.3 is 30.9 Å². The minimum Gasteiger partial charge on any atom is -0.480 e. The minimum absolute atomic E-state index is 0.0107. The summed E-state index contributed by atoms with van der Waals surface area (Å²) in [4.78, 5) is 49.2. The van der Waals surface area contributed by atoms with Gasteiger partial charge >= 0.3 is 5.97 Å². The van der Waals surface area contributed by atoms with Crippen LogP contribution in [0.25, 0.3) is 10.9 Å². The second-order valence-electron chi connectivity index (χ2n) is 10.1. The fourth-order valence-electron chi connectivity index (χ4n) is 5.04. The highest BCUT2D eigenvalue weighted by molar-refractivity contribution is 7.89. The predicted octanol–water partition coefficient (Wildman–Crippen LogP) is 0.00257. The number of carbonyl (C=O) groups excluding carboxylic acids is 2. The van der Waals surface area contributed by atoms with Gasteiger partial charge in [0.25, 0.3) is 15.9 Å². The van der Waals surface area contributed by atoms with E-state index < -0.39 is 34.5 Å². The van der Waals surface area contributed by atoms with Gasteiger partial charge in [0.1, 0.15) is 17.4 Å². The molecule has 0 bridgehead atoms. The largest absolute Gasteiger partial charge is 0.480 e. The van der Waals surface area contributed by atoms with E-state index in [1.807, 2.05) is 7.05 Å². The number of sulfonamides is 1. The van der Waals surface area contributed by atoms with Crippen LogP contribution in [0.4, 0.5) is 0 Å². The van der Waals surface area contributed by atoms with Gasteiger partial charge in [-0.3, -0.25) is 19.8 Å². The number of piperazine rings is 1. The van der Waals surface area contributed by atoms with Crippen LogP contribution in [0, 0.1) is 5.41 Å². The zero-order valence-corrected chi connectivity index (χ0v) is 23.8. The molecule has 5 rings (SSSR count). The lowest BCUT2D eigenvalue weighted by atomic mass is 10.1. The van der Waals surface area contributed by atoms with Gasteiger partial charge in [0.05, 0.1) is 11.7 Å². The molecule has 3 aromatic rings. The summed E-state index contributed by atoms with van der Waals surface area (Å²) in [5.41, 5.74) is 7.44. The number of H-pyrrole nitrogens is 1. The van der Waals surface area contributed by atoms with Crippen molar-refractivity contribution in [1.82, 2.24) is 29.4 Å². The van der Waals surface area contributed by atoms with E-state index in [-0.39, 0.29) is 47.8 Å². The van der Waals surface area contributed by atoms with E-state index in [4.69, 9.17) is 16.2 Å². The molecule has 14 nitrogen and oxygen atoms in total. The van der Waals surface area contributed by atoms with Crippen LogP contribution < -0.4 is 11.1 Å². The number of benzene rings is 1. The lowest BCUT2D eigenvalue weighted by molar-refractivity contribution is -0.138. The number of nitrogen functional groups attached to an aromatic ring is 1. The fraction of sp³-hybridized carbons (Fsp3) is 0.400. The van der Waals surface area contributed by atoms with Crippen LogP contribution in [0.2, 0.25) is 0 Å². The van der Waals surface area contributed by atoms with Gasteiger partial charge in [0.15, 0.2) is 5.01 Å². The van der Waals surface area contributed by atoms with Crippen molar-refractivity contribution in [2.75, 3.05) is 39.8 Å². The van der Waals surface area contributed by atoms with Gasteiger partial charge in [0, 0.05) is 66.9 Å². The number of nitrogens with two attached hydrogens (primary N) is 1. The molecule has 16 heteroatoms. The number of aromatic amines is 1. The summed E-state index contributed by atoms with van der Waals surface area (Å²) in [7, 11) is -2.07. The number of carbonyl (C=O) groups is 3. The topological polar surface area (TPSA) is 206 Å². The Kier molecular flexibility index (Phi) is 7.83. The summed E-state index contributed by atoms with van der Waals surface area (Å²) < 4.78 is 28.5. The Balaban J connectivity index is 1.40. The Hall–Kier alpha value is -3.86. The first kappa shape index (κ1) is 28.7. The summed E-state index contributed by atoms with van der Waals surface area (Å²) in [6.07, 6.45) is 0.439. The molecule has 2 aromatic heterocycles. The van der Waals surface area contributed by atoms with E-state index in [1.54, 1.807) is 18.2 Å². The van der Waals surface area contributed by atoms with Crippen molar-refractivity contribution in [3.63, 3.8) is 0 Å². The van der Waals surface area contributed by atoms with Gasteiger partial charge in [-0.25, -0.2) is 13.4 Å². The van der Waals surface area contributed by atoms with Crippen LogP contribution in [-0.2, 0) is 32.6 Å². The number of aliphatic carboxylic acids is 1. The Labute approximate surface area is 239 Å². The SMILES string of the molecule is CN1CCc2nc(C(=O)N3CCN(S(=O)(=O)c4cc5cc(C(=N)N)ccc5[nH]4)CC3CC(=O)NCC(=O)O)sc2C1. The number of rotatable bonds is 8. The molecule has 41 heavy (non-hydrogen) atoms. The number of aromatic nitrogens is 2. The van der Waals surface area contributed by atoms with Crippen LogP contribution in [0.3, 0.4) is 0 Å². The molecule has 6 N–H and O–H groups in total.